The maximum Gasteiger partial charge on any atom is 0.250 e. The zero-order chi connectivity index (χ0) is 14.6. The van der Waals surface area contributed by atoms with Crippen LogP contribution in [0.3, 0.4) is 0 Å². The highest BCUT2D eigenvalue weighted by atomic mass is 32.2. The molecule has 20 heavy (non-hydrogen) atoms. The van der Waals surface area contributed by atoms with Gasteiger partial charge in [-0.2, -0.15) is 0 Å². The monoisotopic (exact) mass is 313 g/mol. The number of sulfonamides is 1. The molecule has 0 spiro atoms. The molecule has 0 saturated carbocycles. The molecule has 5 nitrogen and oxygen atoms in total. The summed E-state index contributed by atoms with van der Waals surface area (Å²) in [6, 6.07) is 10.3. The Labute approximate surface area is 121 Å². The topological polar surface area (TPSA) is 75.6 Å². The maximum atomic E-state index is 12.1. The third kappa shape index (κ3) is 3.57. The van der Waals surface area contributed by atoms with Crippen molar-refractivity contribution in [1.29, 1.82) is 0 Å². The van der Waals surface area contributed by atoms with Crippen molar-refractivity contribution in [2.75, 3.05) is 7.11 Å². The maximum absolute atomic E-state index is 12.1. The van der Waals surface area contributed by atoms with Crippen molar-refractivity contribution in [3.05, 3.63) is 46.8 Å². The van der Waals surface area contributed by atoms with Crippen LogP contribution < -0.4 is 9.46 Å². The average molecular weight is 313 g/mol. The molecule has 1 heterocycles. The predicted molar refractivity (Wildman–Crippen MR) is 77.3 cm³/mol. The molecule has 2 rings (SSSR count). The smallest absolute Gasteiger partial charge is 0.250 e. The van der Waals surface area contributed by atoms with Crippen LogP contribution in [0.1, 0.15) is 10.4 Å². The molecule has 108 valence electrons. The molecule has 1 aromatic carbocycles. The second kappa shape index (κ2) is 6.36. The van der Waals surface area contributed by atoms with E-state index < -0.39 is 10.0 Å². The van der Waals surface area contributed by atoms with Gasteiger partial charge in [0.25, 0.3) is 0 Å². The third-order valence-corrected chi connectivity index (χ3v) is 5.65. The minimum atomic E-state index is -3.54. The van der Waals surface area contributed by atoms with E-state index in [9.17, 15) is 8.42 Å². The highest BCUT2D eigenvalue weighted by Crippen LogP contribution is 2.21. The van der Waals surface area contributed by atoms with Crippen molar-refractivity contribution in [1.82, 2.24) is 4.72 Å². The lowest BCUT2D eigenvalue weighted by molar-refractivity contribution is 0.285. The Bertz CT molecular complexity index is 662. The second-order valence-electron chi connectivity index (χ2n) is 4.05. The minimum Gasteiger partial charge on any atom is -0.497 e. The van der Waals surface area contributed by atoms with Crippen LogP contribution in [0.15, 0.2) is 40.6 Å². The molecule has 0 amide bonds. The molecule has 0 saturated heterocycles. The molecule has 1 aromatic heterocycles. The van der Waals surface area contributed by atoms with Crippen molar-refractivity contribution in [3.63, 3.8) is 0 Å². The Hall–Kier alpha value is -1.41. The molecule has 2 aromatic rings. The number of nitrogens with one attached hydrogen (secondary N) is 1. The van der Waals surface area contributed by atoms with Gasteiger partial charge in [0, 0.05) is 11.4 Å². The third-order valence-electron chi connectivity index (χ3n) is 2.68. The zero-order valence-corrected chi connectivity index (χ0v) is 12.5. The fraction of sp³-hybridized carbons (Fsp3) is 0.231. The van der Waals surface area contributed by atoms with Crippen LogP contribution in [0.2, 0.25) is 0 Å². The van der Waals surface area contributed by atoms with E-state index >= 15 is 0 Å². The van der Waals surface area contributed by atoms with Gasteiger partial charge in [-0.25, -0.2) is 13.1 Å². The predicted octanol–water partition coefficient (Wildman–Crippen LogP) is 1.73. The van der Waals surface area contributed by atoms with Crippen molar-refractivity contribution in [2.24, 2.45) is 0 Å². The number of hydrogen-bond acceptors (Lipinski definition) is 5. The van der Waals surface area contributed by atoms with Crippen LogP contribution >= 0.6 is 11.3 Å². The van der Waals surface area contributed by atoms with E-state index in [-0.39, 0.29) is 17.4 Å². The summed E-state index contributed by atoms with van der Waals surface area (Å²) in [6.45, 7) is 0.0529. The van der Waals surface area contributed by atoms with Gasteiger partial charge in [0.15, 0.2) is 0 Å². The van der Waals surface area contributed by atoms with E-state index in [4.69, 9.17) is 9.84 Å². The van der Waals surface area contributed by atoms with Crippen LogP contribution in [0.5, 0.6) is 5.75 Å². The highest BCUT2D eigenvalue weighted by molar-refractivity contribution is 7.91. The van der Waals surface area contributed by atoms with Gasteiger partial charge in [-0.15, -0.1) is 11.3 Å². The van der Waals surface area contributed by atoms with Crippen LogP contribution in [0.25, 0.3) is 0 Å². The molecular formula is C13H15NO4S2. The summed E-state index contributed by atoms with van der Waals surface area (Å²) >= 11 is 1.06. The second-order valence-corrected chi connectivity index (χ2v) is 7.21. The lowest BCUT2D eigenvalue weighted by atomic mass is 10.2. The summed E-state index contributed by atoms with van der Waals surface area (Å²) in [6.07, 6.45) is 0. The standard InChI is InChI=1S/C13H15NO4S2/c1-18-11-4-2-10(3-5-11)8-14-20(16,17)13-7-6-12(9-15)19-13/h2-7,14-15H,8-9H2,1H3. The normalized spacial score (nSPS) is 11.5. The number of methoxy groups -OCH3 is 1. The van der Waals surface area contributed by atoms with Gasteiger partial charge >= 0.3 is 0 Å². The largest absolute Gasteiger partial charge is 0.497 e. The number of hydrogen-bond donors (Lipinski definition) is 2. The SMILES string of the molecule is COc1ccc(CNS(=O)(=O)c2ccc(CO)s2)cc1. The van der Waals surface area contributed by atoms with E-state index in [1.54, 1.807) is 37.4 Å². The van der Waals surface area contributed by atoms with Gasteiger partial charge in [-0.05, 0) is 29.8 Å². The number of rotatable bonds is 6. The van der Waals surface area contributed by atoms with E-state index in [1.807, 2.05) is 0 Å². The summed E-state index contributed by atoms with van der Waals surface area (Å²) in [5.74, 6) is 0.724. The van der Waals surface area contributed by atoms with Crippen LogP contribution in [0, 0.1) is 0 Å². The lowest BCUT2D eigenvalue weighted by Gasteiger charge is -2.06. The Morgan fingerprint density at radius 2 is 1.90 bits per heavy atom. The van der Waals surface area contributed by atoms with Gasteiger partial charge in [-0.3, -0.25) is 0 Å². The summed E-state index contributed by atoms with van der Waals surface area (Å²) in [5, 5.41) is 8.96. The number of benzene rings is 1. The van der Waals surface area contributed by atoms with Crippen LogP contribution in [0.4, 0.5) is 0 Å². The first kappa shape index (κ1) is 15.0. The van der Waals surface area contributed by atoms with Crippen LogP contribution in [-0.2, 0) is 23.2 Å². The van der Waals surface area contributed by atoms with Crippen molar-refractivity contribution in [2.45, 2.75) is 17.4 Å². The van der Waals surface area contributed by atoms with E-state index in [2.05, 4.69) is 4.72 Å². The van der Waals surface area contributed by atoms with Gasteiger partial charge in [-0.1, -0.05) is 12.1 Å². The first-order valence-corrected chi connectivity index (χ1v) is 8.17. The Morgan fingerprint density at radius 3 is 2.45 bits per heavy atom. The number of aliphatic hydroxyl groups is 1. The van der Waals surface area contributed by atoms with Gasteiger partial charge in [0.05, 0.1) is 13.7 Å². The molecule has 0 atom stereocenters. The summed E-state index contributed by atoms with van der Waals surface area (Å²) < 4.78 is 31.9. The lowest BCUT2D eigenvalue weighted by Crippen LogP contribution is -2.22. The Kier molecular flexibility index (Phi) is 4.77. The van der Waals surface area contributed by atoms with E-state index in [0.29, 0.717) is 4.88 Å². The Morgan fingerprint density at radius 1 is 1.20 bits per heavy atom. The molecule has 0 bridgehead atoms. The van der Waals surface area contributed by atoms with E-state index in [1.165, 1.54) is 6.07 Å². The van der Waals surface area contributed by atoms with Crippen molar-refractivity contribution < 1.29 is 18.3 Å². The average Bonchev–Trinajstić information content (AvgIpc) is 2.95. The fourth-order valence-electron chi connectivity index (χ4n) is 1.58. The molecule has 2 N–H and O–H groups in total. The molecule has 0 unspecified atom stereocenters. The minimum absolute atomic E-state index is 0.154. The first-order chi connectivity index (χ1) is 9.55. The number of ether oxygens (including phenoxy) is 1. The molecule has 0 radical (unpaired) electrons. The van der Waals surface area contributed by atoms with Crippen LogP contribution in [-0.4, -0.2) is 20.6 Å². The molecule has 0 aliphatic rings. The number of aliphatic hydroxyl groups excluding tert-OH is 1. The molecular weight excluding hydrogens is 298 g/mol. The fourth-order valence-corrected chi connectivity index (χ4v) is 3.86. The number of thiophene rings is 1. The quantitative estimate of drug-likeness (QED) is 0.851. The van der Waals surface area contributed by atoms with Gasteiger partial charge < -0.3 is 9.84 Å². The summed E-state index contributed by atoms with van der Waals surface area (Å²) in [5.41, 5.74) is 0.841. The highest BCUT2D eigenvalue weighted by Gasteiger charge is 2.16. The molecule has 7 heteroatoms. The van der Waals surface area contributed by atoms with Gasteiger partial charge in [0.2, 0.25) is 10.0 Å². The molecule has 0 aliphatic heterocycles. The van der Waals surface area contributed by atoms with Gasteiger partial charge in [0.1, 0.15) is 9.96 Å². The zero-order valence-electron chi connectivity index (χ0n) is 10.9. The van der Waals surface area contributed by atoms with E-state index in [0.717, 1.165) is 22.6 Å². The van der Waals surface area contributed by atoms with Crippen molar-refractivity contribution >= 4 is 21.4 Å². The summed E-state index contributed by atoms with van der Waals surface area (Å²) in [7, 11) is -1.96. The molecule has 0 fully saturated rings. The first-order valence-electron chi connectivity index (χ1n) is 5.87. The van der Waals surface area contributed by atoms with Crippen molar-refractivity contribution in [3.8, 4) is 5.75 Å². The molecule has 0 aliphatic carbocycles. The Balaban J connectivity index is 2.04. The summed E-state index contributed by atoms with van der Waals surface area (Å²) in [4.78, 5) is 0.620.